The number of aryl methyl sites for hydroxylation is 1. The summed E-state index contributed by atoms with van der Waals surface area (Å²) in [5.41, 5.74) is 0.800. The molecule has 0 amide bonds. The summed E-state index contributed by atoms with van der Waals surface area (Å²) in [6.07, 6.45) is 2.98. The van der Waals surface area contributed by atoms with Crippen LogP contribution in [0.1, 0.15) is 19.5 Å². The molecule has 84 valence electrons. The van der Waals surface area contributed by atoms with Crippen molar-refractivity contribution in [1.82, 2.24) is 9.55 Å². The topological polar surface area (TPSA) is 53.4 Å². The second kappa shape index (κ2) is 5.50. The highest BCUT2D eigenvalue weighted by Gasteiger charge is 2.14. The van der Waals surface area contributed by atoms with E-state index in [-0.39, 0.29) is 5.97 Å². The number of esters is 1. The molecule has 1 atom stereocenters. The molecule has 0 aliphatic heterocycles. The van der Waals surface area contributed by atoms with Gasteiger partial charge < -0.3 is 14.0 Å². The Morgan fingerprint density at radius 3 is 2.93 bits per heavy atom. The first-order valence-electron chi connectivity index (χ1n) is 4.88. The molecule has 0 N–H and O–H groups in total. The van der Waals surface area contributed by atoms with E-state index in [4.69, 9.17) is 9.47 Å². The zero-order valence-corrected chi connectivity index (χ0v) is 9.27. The minimum absolute atomic E-state index is 0.320. The van der Waals surface area contributed by atoms with E-state index in [0.29, 0.717) is 13.2 Å². The number of carbonyl (C=O) groups is 1. The van der Waals surface area contributed by atoms with Gasteiger partial charge in [-0.2, -0.15) is 0 Å². The number of carbonyl (C=O) groups excluding carboxylic acids is 1. The van der Waals surface area contributed by atoms with Crippen LogP contribution in [0.15, 0.2) is 12.5 Å². The molecule has 0 aromatic carbocycles. The van der Waals surface area contributed by atoms with Gasteiger partial charge in [0.05, 0.1) is 25.2 Å². The Morgan fingerprint density at radius 2 is 2.40 bits per heavy atom. The molecule has 15 heavy (non-hydrogen) atoms. The summed E-state index contributed by atoms with van der Waals surface area (Å²) in [6, 6.07) is 0. The summed E-state index contributed by atoms with van der Waals surface area (Å²) in [7, 11) is 1.88. The maximum absolute atomic E-state index is 11.2. The zero-order chi connectivity index (χ0) is 11.3. The van der Waals surface area contributed by atoms with Gasteiger partial charge in [-0.15, -0.1) is 0 Å². The van der Waals surface area contributed by atoms with Crippen LogP contribution in [0, 0.1) is 0 Å². The lowest BCUT2D eigenvalue weighted by Crippen LogP contribution is -2.23. The van der Waals surface area contributed by atoms with Gasteiger partial charge in [-0.25, -0.2) is 9.78 Å². The predicted octanol–water partition coefficient (Wildman–Crippen LogP) is 0.888. The van der Waals surface area contributed by atoms with Crippen LogP contribution in [0.3, 0.4) is 0 Å². The highest BCUT2D eigenvalue weighted by molar-refractivity contribution is 5.74. The number of hydrogen-bond donors (Lipinski definition) is 0. The van der Waals surface area contributed by atoms with E-state index in [1.165, 1.54) is 0 Å². The number of aromatic nitrogens is 2. The first-order chi connectivity index (χ1) is 7.13. The molecule has 0 saturated heterocycles. The van der Waals surface area contributed by atoms with Crippen molar-refractivity contribution >= 4 is 5.97 Å². The molecule has 1 unspecified atom stereocenters. The van der Waals surface area contributed by atoms with Crippen LogP contribution in [0.2, 0.25) is 0 Å². The summed E-state index contributed by atoms with van der Waals surface area (Å²) < 4.78 is 11.9. The summed E-state index contributed by atoms with van der Waals surface area (Å²) in [5.74, 6) is -0.339. The van der Waals surface area contributed by atoms with Gasteiger partial charge in [0.15, 0.2) is 6.10 Å². The van der Waals surface area contributed by atoms with Crippen molar-refractivity contribution in [2.24, 2.45) is 7.05 Å². The number of nitrogens with zero attached hydrogens (tertiary/aromatic N) is 2. The van der Waals surface area contributed by atoms with Gasteiger partial charge in [-0.1, -0.05) is 0 Å². The molecule has 0 bridgehead atoms. The highest BCUT2D eigenvalue weighted by atomic mass is 16.6. The van der Waals surface area contributed by atoms with Crippen LogP contribution in [0.5, 0.6) is 0 Å². The quantitative estimate of drug-likeness (QED) is 0.680. The molecular weight excluding hydrogens is 196 g/mol. The molecule has 0 radical (unpaired) electrons. The van der Waals surface area contributed by atoms with Crippen molar-refractivity contribution in [3.63, 3.8) is 0 Å². The molecule has 0 aliphatic carbocycles. The highest BCUT2D eigenvalue weighted by Crippen LogP contribution is 2.02. The Bertz CT molecular complexity index is 322. The lowest BCUT2D eigenvalue weighted by atomic mass is 10.4. The van der Waals surface area contributed by atoms with Crippen molar-refractivity contribution in [2.45, 2.75) is 26.6 Å². The number of ether oxygens (including phenoxy) is 2. The minimum Gasteiger partial charge on any atom is -0.464 e. The molecule has 5 nitrogen and oxygen atoms in total. The Kier molecular flexibility index (Phi) is 4.30. The Balaban J connectivity index is 2.33. The van der Waals surface area contributed by atoms with Crippen molar-refractivity contribution < 1.29 is 14.3 Å². The first kappa shape index (κ1) is 11.7. The molecule has 1 aromatic rings. The van der Waals surface area contributed by atoms with Crippen LogP contribution in [0.25, 0.3) is 0 Å². The number of hydrogen-bond acceptors (Lipinski definition) is 4. The van der Waals surface area contributed by atoms with E-state index in [2.05, 4.69) is 4.98 Å². The van der Waals surface area contributed by atoms with E-state index in [0.717, 1.165) is 5.69 Å². The van der Waals surface area contributed by atoms with Crippen LogP contribution >= 0.6 is 0 Å². The van der Waals surface area contributed by atoms with E-state index < -0.39 is 6.10 Å². The number of rotatable bonds is 5. The fourth-order valence-corrected chi connectivity index (χ4v) is 1.08. The Morgan fingerprint density at radius 1 is 1.67 bits per heavy atom. The van der Waals surface area contributed by atoms with E-state index in [9.17, 15) is 4.79 Å². The minimum atomic E-state index is -0.549. The second-order valence-electron chi connectivity index (χ2n) is 3.24. The molecule has 0 spiro atoms. The standard InChI is InChI=1S/C10H16N2O3/c1-4-14-10(13)8(2)15-6-9-5-12(3)7-11-9/h5,7-8H,4,6H2,1-3H3. The Labute approximate surface area is 89.0 Å². The van der Waals surface area contributed by atoms with E-state index >= 15 is 0 Å². The van der Waals surface area contributed by atoms with Crippen molar-refractivity contribution in [2.75, 3.05) is 6.61 Å². The molecular formula is C10H16N2O3. The van der Waals surface area contributed by atoms with Crippen LogP contribution in [-0.2, 0) is 27.9 Å². The lowest BCUT2D eigenvalue weighted by Gasteiger charge is -2.10. The third-order valence-corrected chi connectivity index (χ3v) is 1.86. The molecule has 0 aliphatic rings. The van der Waals surface area contributed by atoms with Crippen LogP contribution < -0.4 is 0 Å². The zero-order valence-electron chi connectivity index (χ0n) is 9.27. The second-order valence-corrected chi connectivity index (χ2v) is 3.24. The molecule has 5 heteroatoms. The van der Waals surface area contributed by atoms with Crippen LogP contribution in [0.4, 0.5) is 0 Å². The molecule has 0 saturated carbocycles. The predicted molar refractivity (Wildman–Crippen MR) is 54.1 cm³/mol. The molecule has 1 rings (SSSR count). The van der Waals surface area contributed by atoms with Gasteiger partial charge in [-0.05, 0) is 13.8 Å². The van der Waals surface area contributed by atoms with Crippen molar-refractivity contribution in [3.05, 3.63) is 18.2 Å². The van der Waals surface area contributed by atoms with Gasteiger partial charge in [0.2, 0.25) is 0 Å². The Hall–Kier alpha value is -1.36. The lowest BCUT2D eigenvalue weighted by molar-refractivity contribution is -0.156. The third-order valence-electron chi connectivity index (χ3n) is 1.86. The van der Waals surface area contributed by atoms with Gasteiger partial charge >= 0.3 is 5.97 Å². The number of imidazole rings is 1. The summed E-state index contributed by atoms with van der Waals surface area (Å²) in [5, 5.41) is 0. The molecule has 0 fully saturated rings. The average molecular weight is 212 g/mol. The van der Waals surface area contributed by atoms with Crippen molar-refractivity contribution in [1.29, 1.82) is 0 Å². The fourth-order valence-electron chi connectivity index (χ4n) is 1.08. The monoisotopic (exact) mass is 212 g/mol. The van der Waals surface area contributed by atoms with Gasteiger partial charge in [0, 0.05) is 13.2 Å². The van der Waals surface area contributed by atoms with E-state index in [1.807, 2.05) is 17.8 Å². The van der Waals surface area contributed by atoms with Crippen molar-refractivity contribution in [3.8, 4) is 0 Å². The molecule has 1 aromatic heterocycles. The fraction of sp³-hybridized carbons (Fsp3) is 0.600. The van der Waals surface area contributed by atoms with E-state index in [1.54, 1.807) is 20.2 Å². The largest absolute Gasteiger partial charge is 0.464 e. The smallest absolute Gasteiger partial charge is 0.334 e. The SMILES string of the molecule is CCOC(=O)C(C)OCc1cn(C)cn1. The average Bonchev–Trinajstić information content (AvgIpc) is 2.61. The molecule has 1 heterocycles. The van der Waals surface area contributed by atoms with Gasteiger partial charge in [0.25, 0.3) is 0 Å². The van der Waals surface area contributed by atoms with Gasteiger partial charge in [-0.3, -0.25) is 0 Å². The summed E-state index contributed by atoms with van der Waals surface area (Å²) >= 11 is 0. The third kappa shape index (κ3) is 3.71. The maximum atomic E-state index is 11.2. The summed E-state index contributed by atoms with van der Waals surface area (Å²) in [4.78, 5) is 15.3. The van der Waals surface area contributed by atoms with Crippen LogP contribution in [-0.4, -0.2) is 28.2 Å². The van der Waals surface area contributed by atoms with Gasteiger partial charge in [0.1, 0.15) is 0 Å². The first-order valence-corrected chi connectivity index (χ1v) is 4.88. The maximum Gasteiger partial charge on any atom is 0.334 e. The summed E-state index contributed by atoms with van der Waals surface area (Å²) in [6.45, 7) is 4.13. The normalized spacial score (nSPS) is 12.5.